The van der Waals surface area contributed by atoms with Crippen molar-refractivity contribution < 1.29 is 9.13 Å². The molecule has 2 aromatic carbocycles. The second-order valence-corrected chi connectivity index (χ2v) is 5.34. The summed E-state index contributed by atoms with van der Waals surface area (Å²) < 4.78 is 19.5. The fourth-order valence-electron chi connectivity index (χ4n) is 1.73. The van der Waals surface area contributed by atoms with Gasteiger partial charge in [-0.2, -0.15) is 0 Å². The third-order valence-electron chi connectivity index (χ3n) is 2.73. The minimum absolute atomic E-state index is 0.00762. The summed E-state index contributed by atoms with van der Waals surface area (Å²) in [7, 11) is 0. The Balaban J connectivity index is 2.02. The van der Waals surface area contributed by atoms with E-state index in [1.165, 1.54) is 12.1 Å². The molecular weight excluding hydrogens is 309 g/mol. The maximum atomic E-state index is 13.2. The molecule has 2 N–H and O–H groups in total. The molecule has 0 radical (unpaired) electrons. The number of hydrogen-bond donors (Lipinski definition) is 1. The lowest BCUT2D eigenvalue weighted by atomic mass is 10.1. The highest BCUT2D eigenvalue weighted by atomic mass is 79.9. The first-order valence-corrected chi connectivity index (χ1v) is 6.77. The van der Waals surface area contributed by atoms with Crippen LogP contribution in [0.5, 0.6) is 5.75 Å². The average molecular weight is 324 g/mol. The number of nitrogens with two attached hydrogens (primary N) is 1. The van der Waals surface area contributed by atoms with Crippen LogP contribution in [-0.2, 0) is 6.61 Å². The third kappa shape index (κ3) is 4.04. The minimum atomic E-state index is -0.278. The molecule has 4 heteroatoms. The van der Waals surface area contributed by atoms with Gasteiger partial charge in [0.1, 0.15) is 18.2 Å². The summed E-state index contributed by atoms with van der Waals surface area (Å²) in [6, 6.07) is 12.3. The summed E-state index contributed by atoms with van der Waals surface area (Å²) in [5.74, 6) is 0.463. The highest BCUT2D eigenvalue weighted by Gasteiger charge is 2.02. The Morgan fingerprint density at radius 2 is 1.89 bits per heavy atom. The van der Waals surface area contributed by atoms with Crippen molar-refractivity contribution in [1.29, 1.82) is 0 Å². The third-order valence-corrected chi connectivity index (χ3v) is 3.19. The van der Waals surface area contributed by atoms with E-state index in [0.717, 1.165) is 16.9 Å². The Morgan fingerprint density at radius 3 is 2.47 bits per heavy atom. The molecule has 0 heterocycles. The Kier molecular flexibility index (Phi) is 4.56. The van der Waals surface area contributed by atoms with Crippen LogP contribution in [0.2, 0.25) is 0 Å². The van der Waals surface area contributed by atoms with Crippen molar-refractivity contribution in [3.8, 4) is 5.75 Å². The molecule has 19 heavy (non-hydrogen) atoms. The molecule has 0 aliphatic carbocycles. The standard InChI is InChI=1S/C15H15BrFNO/c1-10(18)12-2-4-15(5-3-12)19-9-11-6-13(16)8-14(17)7-11/h2-8,10H,9,18H2,1H3. The number of hydrogen-bond acceptors (Lipinski definition) is 2. The lowest BCUT2D eigenvalue weighted by Crippen LogP contribution is -2.04. The van der Waals surface area contributed by atoms with Crippen LogP contribution in [0.4, 0.5) is 4.39 Å². The van der Waals surface area contributed by atoms with E-state index >= 15 is 0 Å². The summed E-state index contributed by atoms with van der Waals surface area (Å²) in [4.78, 5) is 0. The van der Waals surface area contributed by atoms with Gasteiger partial charge in [0.15, 0.2) is 0 Å². The van der Waals surface area contributed by atoms with E-state index in [2.05, 4.69) is 15.9 Å². The van der Waals surface area contributed by atoms with Crippen LogP contribution in [0.1, 0.15) is 24.1 Å². The SMILES string of the molecule is CC(N)c1ccc(OCc2cc(F)cc(Br)c2)cc1. The van der Waals surface area contributed by atoms with Crippen molar-refractivity contribution >= 4 is 15.9 Å². The van der Waals surface area contributed by atoms with Crippen molar-refractivity contribution in [3.05, 3.63) is 63.9 Å². The van der Waals surface area contributed by atoms with Gasteiger partial charge in [-0.1, -0.05) is 28.1 Å². The van der Waals surface area contributed by atoms with Gasteiger partial charge < -0.3 is 10.5 Å². The summed E-state index contributed by atoms with van der Waals surface area (Å²) in [6.07, 6.45) is 0. The fourth-order valence-corrected chi connectivity index (χ4v) is 2.24. The molecule has 0 bridgehead atoms. The van der Waals surface area contributed by atoms with Gasteiger partial charge in [-0.3, -0.25) is 0 Å². The van der Waals surface area contributed by atoms with Gasteiger partial charge in [0.25, 0.3) is 0 Å². The van der Waals surface area contributed by atoms with Crippen molar-refractivity contribution in [3.63, 3.8) is 0 Å². The highest BCUT2D eigenvalue weighted by molar-refractivity contribution is 9.10. The Labute approximate surface area is 120 Å². The van der Waals surface area contributed by atoms with Gasteiger partial charge in [-0.05, 0) is 48.4 Å². The van der Waals surface area contributed by atoms with Crippen LogP contribution in [-0.4, -0.2) is 0 Å². The van der Waals surface area contributed by atoms with Gasteiger partial charge in [0.2, 0.25) is 0 Å². The first-order valence-electron chi connectivity index (χ1n) is 5.98. The van der Waals surface area contributed by atoms with Crippen LogP contribution in [0.3, 0.4) is 0 Å². The van der Waals surface area contributed by atoms with Crippen LogP contribution < -0.4 is 10.5 Å². The topological polar surface area (TPSA) is 35.2 Å². The molecule has 0 saturated heterocycles. The maximum Gasteiger partial charge on any atom is 0.124 e. The lowest BCUT2D eigenvalue weighted by molar-refractivity contribution is 0.305. The van der Waals surface area contributed by atoms with Gasteiger partial charge in [0.05, 0.1) is 0 Å². The van der Waals surface area contributed by atoms with Crippen molar-refractivity contribution in [2.24, 2.45) is 5.73 Å². The van der Waals surface area contributed by atoms with E-state index in [9.17, 15) is 4.39 Å². The van der Waals surface area contributed by atoms with Crippen molar-refractivity contribution in [1.82, 2.24) is 0 Å². The molecule has 0 spiro atoms. The van der Waals surface area contributed by atoms with Crippen LogP contribution in [0.15, 0.2) is 46.9 Å². The zero-order valence-corrected chi connectivity index (χ0v) is 12.2. The molecule has 0 aliphatic heterocycles. The Morgan fingerprint density at radius 1 is 1.21 bits per heavy atom. The van der Waals surface area contributed by atoms with Gasteiger partial charge >= 0.3 is 0 Å². The fraction of sp³-hybridized carbons (Fsp3) is 0.200. The molecule has 0 amide bonds. The predicted molar refractivity (Wildman–Crippen MR) is 77.5 cm³/mol. The Bertz CT molecular complexity index is 534. The van der Waals surface area contributed by atoms with Gasteiger partial charge in [0, 0.05) is 10.5 Å². The zero-order chi connectivity index (χ0) is 13.8. The Hall–Kier alpha value is -1.39. The molecule has 2 nitrogen and oxygen atoms in total. The quantitative estimate of drug-likeness (QED) is 0.915. The van der Waals surface area contributed by atoms with E-state index in [-0.39, 0.29) is 11.9 Å². The zero-order valence-electron chi connectivity index (χ0n) is 10.6. The monoisotopic (exact) mass is 323 g/mol. The summed E-state index contributed by atoms with van der Waals surface area (Å²) in [6.45, 7) is 2.26. The van der Waals surface area contributed by atoms with Crippen molar-refractivity contribution in [2.75, 3.05) is 0 Å². The van der Waals surface area contributed by atoms with E-state index in [0.29, 0.717) is 11.1 Å². The molecule has 1 unspecified atom stereocenters. The smallest absolute Gasteiger partial charge is 0.124 e. The first kappa shape index (κ1) is 14.0. The van der Waals surface area contributed by atoms with E-state index in [1.54, 1.807) is 0 Å². The van der Waals surface area contributed by atoms with Gasteiger partial charge in [-0.25, -0.2) is 4.39 Å². The number of benzene rings is 2. The second kappa shape index (κ2) is 6.17. The number of rotatable bonds is 4. The van der Waals surface area contributed by atoms with E-state index < -0.39 is 0 Å². The molecule has 0 aliphatic rings. The van der Waals surface area contributed by atoms with Crippen LogP contribution in [0, 0.1) is 5.82 Å². The summed E-state index contributed by atoms with van der Waals surface area (Å²) in [5.41, 5.74) is 7.61. The largest absolute Gasteiger partial charge is 0.489 e. The summed E-state index contributed by atoms with van der Waals surface area (Å²) in [5, 5.41) is 0. The average Bonchev–Trinajstić information content (AvgIpc) is 2.36. The summed E-state index contributed by atoms with van der Waals surface area (Å²) >= 11 is 3.26. The molecule has 2 aromatic rings. The van der Waals surface area contributed by atoms with Crippen LogP contribution in [0.25, 0.3) is 0 Å². The maximum absolute atomic E-state index is 13.2. The number of ether oxygens (including phenoxy) is 1. The molecule has 2 rings (SSSR count). The number of halogens is 2. The molecule has 0 aromatic heterocycles. The molecular formula is C15H15BrFNO. The molecule has 0 saturated carbocycles. The first-order chi connectivity index (χ1) is 9.04. The van der Waals surface area contributed by atoms with Gasteiger partial charge in [-0.15, -0.1) is 0 Å². The normalized spacial score (nSPS) is 12.2. The van der Waals surface area contributed by atoms with E-state index in [1.807, 2.05) is 37.3 Å². The highest BCUT2D eigenvalue weighted by Crippen LogP contribution is 2.19. The van der Waals surface area contributed by atoms with Crippen LogP contribution >= 0.6 is 15.9 Å². The predicted octanol–water partition coefficient (Wildman–Crippen LogP) is 4.19. The second-order valence-electron chi connectivity index (χ2n) is 4.42. The molecule has 1 atom stereocenters. The lowest BCUT2D eigenvalue weighted by Gasteiger charge is -2.09. The minimum Gasteiger partial charge on any atom is -0.489 e. The van der Waals surface area contributed by atoms with Crippen molar-refractivity contribution in [2.45, 2.75) is 19.6 Å². The molecule has 0 fully saturated rings. The molecule has 100 valence electrons. The van der Waals surface area contributed by atoms with E-state index in [4.69, 9.17) is 10.5 Å².